The van der Waals surface area contributed by atoms with Crippen LogP contribution in [0.3, 0.4) is 0 Å². The molecule has 33 heavy (non-hydrogen) atoms. The molecule has 0 saturated carbocycles. The molecule has 5 rings (SSSR count). The van der Waals surface area contributed by atoms with Crippen LogP contribution in [0.4, 0.5) is 10.1 Å². The molecule has 0 unspecified atom stereocenters. The minimum Gasteiger partial charge on any atom is -0.332 e. The van der Waals surface area contributed by atoms with Crippen LogP contribution in [-0.2, 0) is 26.6 Å². The molecule has 4 aromatic rings. The van der Waals surface area contributed by atoms with E-state index in [1.165, 1.54) is 28.4 Å². The van der Waals surface area contributed by atoms with Crippen LogP contribution >= 0.6 is 11.6 Å². The molecule has 0 saturated heterocycles. The van der Waals surface area contributed by atoms with Gasteiger partial charge in [-0.3, -0.25) is 14.5 Å². The fraction of sp³-hybridized carbons (Fsp3) is 0.208. The minimum atomic E-state index is -0.496. The van der Waals surface area contributed by atoms with Gasteiger partial charge in [0, 0.05) is 38.8 Å². The first-order valence-electron chi connectivity index (χ1n) is 10.5. The highest BCUT2D eigenvalue weighted by molar-refractivity contribution is 6.34. The zero-order valence-electron chi connectivity index (χ0n) is 17.9. The third-order valence-corrected chi connectivity index (χ3v) is 6.30. The van der Waals surface area contributed by atoms with Crippen molar-refractivity contribution in [1.82, 2.24) is 19.1 Å². The number of rotatable bonds is 4. The lowest BCUT2D eigenvalue weighted by Crippen LogP contribution is -2.38. The molecule has 168 valence electrons. The summed E-state index contributed by atoms with van der Waals surface area (Å²) in [6.45, 7) is 2.07. The SMILES string of the molecule is Cn1c2c(c(=O)n3ncc(C(=O)Nc4ccc(F)cc4Cl)c13)CN(Cc1ccccc1)CC2. The predicted octanol–water partition coefficient (Wildman–Crippen LogP) is 3.64. The standard InChI is InChI=1S/C24H21ClFN5O2/c1-29-21-9-10-30(13-15-5-3-2-4-6-15)14-18(21)24(33)31-23(29)17(12-27-31)22(32)28-20-8-7-16(26)11-19(20)25/h2-8,11-12H,9-10,13-14H2,1H3,(H,28,32). The number of nitrogens with zero attached hydrogens (tertiary/aromatic N) is 4. The van der Waals surface area contributed by atoms with Gasteiger partial charge in [-0.1, -0.05) is 41.9 Å². The van der Waals surface area contributed by atoms with Gasteiger partial charge in [0.15, 0.2) is 5.65 Å². The van der Waals surface area contributed by atoms with Gasteiger partial charge in [0.05, 0.1) is 22.5 Å². The number of benzene rings is 2. The van der Waals surface area contributed by atoms with Crippen molar-refractivity contribution in [3.05, 3.63) is 98.3 Å². The molecule has 1 aliphatic heterocycles. The Bertz CT molecular complexity index is 1430. The average Bonchev–Trinajstić information content (AvgIpc) is 3.26. The van der Waals surface area contributed by atoms with E-state index in [9.17, 15) is 14.0 Å². The van der Waals surface area contributed by atoms with E-state index in [1.807, 2.05) is 29.8 Å². The third-order valence-electron chi connectivity index (χ3n) is 5.98. The van der Waals surface area contributed by atoms with Crippen molar-refractivity contribution in [3.8, 4) is 0 Å². The molecule has 1 aliphatic rings. The topological polar surface area (TPSA) is 71.6 Å². The first-order chi connectivity index (χ1) is 15.9. The highest BCUT2D eigenvalue weighted by atomic mass is 35.5. The molecule has 2 aromatic carbocycles. The van der Waals surface area contributed by atoms with E-state index < -0.39 is 11.7 Å². The minimum absolute atomic E-state index is 0.0876. The second-order valence-corrected chi connectivity index (χ2v) is 8.51. The zero-order valence-corrected chi connectivity index (χ0v) is 18.6. The third kappa shape index (κ3) is 3.92. The van der Waals surface area contributed by atoms with E-state index in [1.54, 1.807) is 0 Å². The van der Waals surface area contributed by atoms with Crippen LogP contribution < -0.4 is 10.9 Å². The van der Waals surface area contributed by atoms with E-state index >= 15 is 0 Å². The first kappa shape index (κ1) is 21.4. The summed E-state index contributed by atoms with van der Waals surface area (Å²) in [5.74, 6) is -0.973. The van der Waals surface area contributed by atoms with Crippen LogP contribution in [0.5, 0.6) is 0 Å². The van der Waals surface area contributed by atoms with E-state index in [4.69, 9.17) is 11.6 Å². The molecule has 1 N–H and O–H groups in total. The summed E-state index contributed by atoms with van der Waals surface area (Å²) in [5.41, 5.74) is 3.47. The monoisotopic (exact) mass is 465 g/mol. The fourth-order valence-corrected chi connectivity index (χ4v) is 4.57. The van der Waals surface area contributed by atoms with Crippen molar-refractivity contribution >= 4 is 28.8 Å². The molecule has 7 nitrogen and oxygen atoms in total. The predicted molar refractivity (Wildman–Crippen MR) is 124 cm³/mol. The van der Waals surface area contributed by atoms with Gasteiger partial charge in [0.25, 0.3) is 11.5 Å². The molecule has 3 heterocycles. The maximum atomic E-state index is 13.3. The summed E-state index contributed by atoms with van der Waals surface area (Å²) in [7, 11) is 1.84. The highest BCUT2D eigenvalue weighted by Crippen LogP contribution is 2.25. The van der Waals surface area contributed by atoms with Crippen LogP contribution in [0.2, 0.25) is 5.02 Å². The largest absolute Gasteiger partial charge is 0.332 e. The Morgan fingerprint density at radius 2 is 2.00 bits per heavy atom. The second-order valence-electron chi connectivity index (χ2n) is 8.11. The summed E-state index contributed by atoms with van der Waals surface area (Å²) in [6.07, 6.45) is 2.05. The smallest absolute Gasteiger partial charge is 0.279 e. The Labute approximate surface area is 194 Å². The van der Waals surface area contributed by atoms with E-state index in [0.29, 0.717) is 24.2 Å². The van der Waals surface area contributed by atoms with Crippen molar-refractivity contribution in [1.29, 1.82) is 0 Å². The summed E-state index contributed by atoms with van der Waals surface area (Å²) in [6, 6.07) is 13.9. The fourth-order valence-electron chi connectivity index (χ4n) is 4.36. The Kier molecular flexibility index (Phi) is 5.47. The van der Waals surface area contributed by atoms with Crippen LogP contribution in [0.15, 0.2) is 59.5 Å². The van der Waals surface area contributed by atoms with Gasteiger partial charge in [-0.25, -0.2) is 4.39 Å². The maximum Gasteiger partial charge on any atom is 0.279 e. The summed E-state index contributed by atoms with van der Waals surface area (Å²) < 4.78 is 16.5. The molecule has 0 radical (unpaired) electrons. The molecule has 1 amide bonds. The zero-order chi connectivity index (χ0) is 23.1. The Morgan fingerprint density at radius 3 is 2.76 bits per heavy atom. The van der Waals surface area contributed by atoms with Gasteiger partial charge in [0.1, 0.15) is 11.4 Å². The Morgan fingerprint density at radius 1 is 1.21 bits per heavy atom. The molecule has 0 aliphatic carbocycles. The lowest BCUT2D eigenvalue weighted by Gasteiger charge is -2.29. The van der Waals surface area contributed by atoms with Gasteiger partial charge in [-0.2, -0.15) is 9.61 Å². The number of aryl methyl sites for hydroxylation is 1. The number of nitrogens with one attached hydrogen (secondary N) is 1. The maximum absolute atomic E-state index is 13.3. The normalized spacial score (nSPS) is 13.8. The molecular weight excluding hydrogens is 445 g/mol. The van der Waals surface area contributed by atoms with Crippen molar-refractivity contribution < 1.29 is 9.18 Å². The van der Waals surface area contributed by atoms with Crippen LogP contribution in [0.25, 0.3) is 5.65 Å². The molecule has 0 spiro atoms. The van der Waals surface area contributed by atoms with Crippen molar-refractivity contribution in [2.45, 2.75) is 19.5 Å². The lowest BCUT2D eigenvalue weighted by atomic mass is 10.1. The molecule has 0 fully saturated rings. The number of aromatic nitrogens is 3. The number of carbonyl (C=O) groups is 1. The van der Waals surface area contributed by atoms with Crippen molar-refractivity contribution in [2.24, 2.45) is 7.05 Å². The van der Waals surface area contributed by atoms with E-state index in [-0.39, 0.29) is 21.8 Å². The van der Waals surface area contributed by atoms with Gasteiger partial charge >= 0.3 is 0 Å². The second kappa shape index (κ2) is 8.46. The summed E-state index contributed by atoms with van der Waals surface area (Å²) >= 11 is 6.04. The molecule has 9 heteroatoms. The van der Waals surface area contributed by atoms with Gasteiger partial charge in [0.2, 0.25) is 0 Å². The summed E-state index contributed by atoms with van der Waals surface area (Å²) in [5, 5.41) is 6.97. The van der Waals surface area contributed by atoms with Crippen LogP contribution in [0, 0.1) is 5.82 Å². The van der Waals surface area contributed by atoms with Crippen molar-refractivity contribution in [3.63, 3.8) is 0 Å². The van der Waals surface area contributed by atoms with Gasteiger partial charge < -0.3 is 9.88 Å². The van der Waals surface area contributed by atoms with E-state index in [2.05, 4.69) is 27.4 Å². The Balaban J connectivity index is 1.48. The summed E-state index contributed by atoms with van der Waals surface area (Å²) in [4.78, 5) is 28.5. The average molecular weight is 466 g/mol. The van der Waals surface area contributed by atoms with Crippen LogP contribution in [-0.4, -0.2) is 31.5 Å². The van der Waals surface area contributed by atoms with E-state index in [0.717, 1.165) is 24.8 Å². The quantitative estimate of drug-likeness (QED) is 0.499. The van der Waals surface area contributed by atoms with Crippen LogP contribution in [0.1, 0.15) is 27.2 Å². The number of carbonyl (C=O) groups excluding carboxylic acids is 1. The number of anilines is 1. The number of hydrogen-bond donors (Lipinski definition) is 1. The Hall–Kier alpha value is -3.49. The molecule has 0 bridgehead atoms. The number of fused-ring (bicyclic) bond motifs is 2. The number of hydrogen-bond acceptors (Lipinski definition) is 4. The van der Waals surface area contributed by atoms with Crippen molar-refractivity contribution in [2.75, 3.05) is 11.9 Å². The molecule has 2 aromatic heterocycles. The number of halogens is 2. The first-order valence-corrected chi connectivity index (χ1v) is 10.9. The lowest BCUT2D eigenvalue weighted by molar-refractivity contribution is 0.102. The molecule has 0 atom stereocenters. The van der Waals surface area contributed by atoms with Gasteiger partial charge in [-0.05, 0) is 23.8 Å². The molecular formula is C24H21ClFN5O2. The highest BCUT2D eigenvalue weighted by Gasteiger charge is 2.26. The van der Waals surface area contributed by atoms with Gasteiger partial charge in [-0.15, -0.1) is 0 Å². The number of amides is 1.